The van der Waals surface area contributed by atoms with Crippen LogP contribution >= 0.6 is 11.6 Å². The molecule has 19 heavy (non-hydrogen) atoms. The van der Waals surface area contributed by atoms with Crippen LogP contribution in [0.25, 0.3) is 0 Å². The zero-order valence-electron chi connectivity index (χ0n) is 11.4. The van der Waals surface area contributed by atoms with Gasteiger partial charge in [-0.3, -0.25) is 4.68 Å². The number of ether oxygens (including phenoxy) is 1. The van der Waals surface area contributed by atoms with Crippen molar-refractivity contribution >= 4 is 11.6 Å². The highest BCUT2D eigenvalue weighted by molar-refractivity contribution is 6.31. The number of benzene rings is 1. The van der Waals surface area contributed by atoms with Crippen molar-refractivity contribution in [2.75, 3.05) is 0 Å². The first-order valence-corrected chi connectivity index (χ1v) is 6.53. The Labute approximate surface area is 118 Å². The molecular weight excluding hydrogens is 262 g/mol. The number of nitrogens with two attached hydrogens (primary N) is 1. The minimum atomic E-state index is -0.0695. The Morgan fingerprint density at radius 2 is 2.11 bits per heavy atom. The van der Waals surface area contributed by atoms with Gasteiger partial charge in [-0.25, -0.2) is 0 Å². The molecule has 0 amide bonds. The Hall–Kier alpha value is -1.52. The first-order valence-electron chi connectivity index (χ1n) is 6.16. The monoisotopic (exact) mass is 279 g/mol. The summed E-state index contributed by atoms with van der Waals surface area (Å²) in [4.78, 5) is 0. The van der Waals surface area contributed by atoms with E-state index in [1.165, 1.54) is 0 Å². The zero-order valence-corrected chi connectivity index (χ0v) is 12.1. The third-order valence-electron chi connectivity index (χ3n) is 3.04. The summed E-state index contributed by atoms with van der Waals surface area (Å²) in [5.41, 5.74) is 8.58. The Balaban J connectivity index is 2.19. The predicted octanol–water partition coefficient (Wildman–Crippen LogP) is 2.98. The molecule has 5 heteroatoms. The Morgan fingerprint density at radius 3 is 2.68 bits per heavy atom. The second kappa shape index (κ2) is 5.63. The standard InChI is InChI=1S/C14H18ClN3O/c1-9(16)11-6-4-5-7-13(11)19-8-12-14(15)10(2)17-18(12)3/h4-7,9H,8,16H2,1-3H3/t9-/m1/s1. The van der Waals surface area contributed by atoms with E-state index in [2.05, 4.69) is 5.10 Å². The molecule has 2 N–H and O–H groups in total. The Kier molecular flexibility index (Phi) is 4.12. The van der Waals surface area contributed by atoms with Gasteiger partial charge in [0.15, 0.2) is 0 Å². The quantitative estimate of drug-likeness (QED) is 0.936. The van der Waals surface area contributed by atoms with Gasteiger partial charge in [-0.1, -0.05) is 29.8 Å². The average molecular weight is 280 g/mol. The summed E-state index contributed by atoms with van der Waals surface area (Å²) in [6, 6.07) is 7.69. The highest BCUT2D eigenvalue weighted by Crippen LogP contribution is 2.26. The fourth-order valence-corrected chi connectivity index (χ4v) is 2.19. The van der Waals surface area contributed by atoms with E-state index in [0.717, 1.165) is 22.7 Å². The van der Waals surface area contributed by atoms with Crippen LogP contribution in [0.3, 0.4) is 0 Å². The van der Waals surface area contributed by atoms with Crippen LogP contribution < -0.4 is 10.5 Å². The van der Waals surface area contributed by atoms with E-state index in [0.29, 0.717) is 11.6 Å². The minimum Gasteiger partial charge on any atom is -0.487 e. The Morgan fingerprint density at radius 1 is 1.42 bits per heavy atom. The fourth-order valence-electron chi connectivity index (χ4n) is 1.97. The van der Waals surface area contributed by atoms with Gasteiger partial charge in [-0.05, 0) is 19.9 Å². The van der Waals surface area contributed by atoms with Crippen LogP contribution in [0.1, 0.15) is 29.9 Å². The summed E-state index contributed by atoms with van der Waals surface area (Å²) in [6.07, 6.45) is 0. The van der Waals surface area contributed by atoms with E-state index in [4.69, 9.17) is 22.1 Å². The molecular formula is C14H18ClN3O. The van der Waals surface area contributed by atoms with E-state index in [-0.39, 0.29) is 6.04 Å². The summed E-state index contributed by atoms with van der Waals surface area (Å²) >= 11 is 6.19. The lowest BCUT2D eigenvalue weighted by Gasteiger charge is -2.14. The summed E-state index contributed by atoms with van der Waals surface area (Å²) in [6.45, 7) is 4.19. The van der Waals surface area contributed by atoms with Gasteiger partial charge in [0.05, 0.1) is 16.4 Å². The van der Waals surface area contributed by atoms with Crippen LogP contribution in [0, 0.1) is 6.92 Å². The van der Waals surface area contributed by atoms with E-state index in [1.54, 1.807) is 4.68 Å². The summed E-state index contributed by atoms with van der Waals surface area (Å²) < 4.78 is 7.58. The van der Waals surface area contributed by atoms with Crippen LogP contribution in [0.2, 0.25) is 5.02 Å². The van der Waals surface area contributed by atoms with Crippen molar-refractivity contribution in [2.45, 2.75) is 26.5 Å². The summed E-state index contributed by atoms with van der Waals surface area (Å²) in [7, 11) is 1.86. The van der Waals surface area contributed by atoms with E-state index < -0.39 is 0 Å². The van der Waals surface area contributed by atoms with Crippen LogP contribution in [-0.2, 0) is 13.7 Å². The van der Waals surface area contributed by atoms with Crippen molar-refractivity contribution in [1.82, 2.24) is 9.78 Å². The maximum absolute atomic E-state index is 6.19. The van der Waals surface area contributed by atoms with Gasteiger partial charge < -0.3 is 10.5 Å². The van der Waals surface area contributed by atoms with E-state index in [9.17, 15) is 0 Å². The number of para-hydroxylation sites is 1. The van der Waals surface area contributed by atoms with Crippen LogP contribution in [0.15, 0.2) is 24.3 Å². The molecule has 0 spiro atoms. The summed E-state index contributed by atoms with van der Waals surface area (Å²) in [5, 5.41) is 4.91. The van der Waals surface area contributed by atoms with Gasteiger partial charge >= 0.3 is 0 Å². The Bertz CT molecular complexity index is 578. The lowest BCUT2D eigenvalue weighted by atomic mass is 10.1. The predicted molar refractivity (Wildman–Crippen MR) is 76.3 cm³/mol. The molecule has 1 aromatic carbocycles. The molecule has 0 fully saturated rings. The molecule has 1 aromatic heterocycles. The van der Waals surface area contributed by atoms with Crippen molar-refractivity contribution in [3.63, 3.8) is 0 Å². The molecule has 102 valence electrons. The second-order valence-corrected chi connectivity index (χ2v) is 4.96. The third-order valence-corrected chi connectivity index (χ3v) is 3.53. The highest BCUT2D eigenvalue weighted by Gasteiger charge is 2.13. The average Bonchev–Trinajstić information content (AvgIpc) is 2.61. The molecule has 0 bridgehead atoms. The number of hydrogen-bond acceptors (Lipinski definition) is 3. The van der Waals surface area contributed by atoms with Crippen LogP contribution in [-0.4, -0.2) is 9.78 Å². The molecule has 0 aliphatic heterocycles. The first kappa shape index (κ1) is 13.9. The highest BCUT2D eigenvalue weighted by atomic mass is 35.5. The minimum absolute atomic E-state index is 0.0695. The fraction of sp³-hybridized carbons (Fsp3) is 0.357. The van der Waals surface area contributed by atoms with Crippen molar-refractivity contribution in [2.24, 2.45) is 12.8 Å². The van der Waals surface area contributed by atoms with Crippen molar-refractivity contribution in [3.05, 3.63) is 46.2 Å². The number of hydrogen-bond donors (Lipinski definition) is 1. The van der Waals surface area contributed by atoms with E-state index in [1.807, 2.05) is 45.2 Å². The number of aromatic nitrogens is 2. The van der Waals surface area contributed by atoms with Crippen molar-refractivity contribution in [1.29, 1.82) is 0 Å². The SMILES string of the molecule is Cc1nn(C)c(COc2ccccc2[C@@H](C)N)c1Cl. The molecule has 0 aliphatic rings. The molecule has 2 rings (SSSR count). The third kappa shape index (κ3) is 2.91. The molecule has 4 nitrogen and oxygen atoms in total. The lowest BCUT2D eigenvalue weighted by Crippen LogP contribution is -2.09. The smallest absolute Gasteiger partial charge is 0.131 e. The largest absolute Gasteiger partial charge is 0.487 e. The van der Waals surface area contributed by atoms with Crippen molar-refractivity contribution in [3.8, 4) is 5.75 Å². The van der Waals surface area contributed by atoms with Crippen molar-refractivity contribution < 1.29 is 4.74 Å². The van der Waals surface area contributed by atoms with Gasteiger partial charge in [-0.15, -0.1) is 0 Å². The van der Waals surface area contributed by atoms with E-state index >= 15 is 0 Å². The molecule has 0 unspecified atom stereocenters. The lowest BCUT2D eigenvalue weighted by molar-refractivity contribution is 0.290. The maximum atomic E-state index is 6.19. The maximum Gasteiger partial charge on any atom is 0.131 e. The first-order chi connectivity index (χ1) is 9.00. The molecule has 0 saturated carbocycles. The van der Waals surface area contributed by atoms with Gasteiger partial charge in [0, 0.05) is 18.7 Å². The molecule has 1 atom stereocenters. The number of aryl methyl sites for hydroxylation is 2. The molecule has 0 aliphatic carbocycles. The van der Waals surface area contributed by atoms with Gasteiger partial charge in [0.2, 0.25) is 0 Å². The number of halogens is 1. The topological polar surface area (TPSA) is 53.1 Å². The van der Waals surface area contributed by atoms with Crippen LogP contribution in [0.4, 0.5) is 0 Å². The normalized spacial score (nSPS) is 12.5. The molecule has 2 aromatic rings. The zero-order chi connectivity index (χ0) is 14.0. The molecule has 0 saturated heterocycles. The molecule has 1 heterocycles. The summed E-state index contributed by atoms with van der Waals surface area (Å²) in [5.74, 6) is 0.785. The second-order valence-electron chi connectivity index (χ2n) is 4.58. The van der Waals surface area contributed by atoms with Gasteiger partial charge in [-0.2, -0.15) is 5.10 Å². The van der Waals surface area contributed by atoms with Crippen LogP contribution in [0.5, 0.6) is 5.75 Å². The molecule has 0 radical (unpaired) electrons. The number of nitrogens with zero attached hydrogens (tertiary/aromatic N) is 2. The van der Waals surface area contributed by atoms with Gasteiger partial charge in [0.1, 0.15) is 12.4 Å². The van der Waals surface area contributed by atoms with Gasteiger partial charge in [0.25, 0.3) is 0 Å². The number of rotatable bonds is 4.